The molecule has 0 saturated carbocycles. The number of thioether (sulfide) groups is 1. The van der Waals surface area contributed by atoms with Crippen LogP contribution in [-0.2, 0) is 4.79 Å². The minimum absolute atomic E-state index is 0.00190. The fourth-order valence-corrected chi connectivity index (χ4v) is 2.77. The van der Waals surface area contributed by atoms with Crippen molar-refractivity contribution in [3.63, 3.8) is 0 Å². The first kappa shape index (κ1) is 14.8. The Hall–Kier alpha value is -1.60. The zero-order chi connectivity index (χ0) is 14.4. The number of hydrogen-bond acceptors (Lipinski definition) is 5. The van der Waals surface area contributed by atoms with E-state index in [0.29, 0.717) is 5.75 Å². The summed E-state index contributed by atoms with van der Waals surface area (Å²) in [6, 6.07) is 6.45. The molecule has 1 fully saturated rings. The molecule has 6 nitrogen and oxygen atoms in total. The number of nitro benzene ring substituents is 1. The lowest BCUT2D eigenvalue weighted by molar-refractivity contribution is -0.384. The quantitative estimate of drug-likeness (QED) is 0.489. The standard InChI is InChI=1S/C13H17N3O3S/c17-13(15-10-2-1-7-14-8-10)9-20-12-5-3-11(4-6-12)16(18)19/h3-6,10,14H,1-2,7-9H2,(H,15,17)/t10-/m0/s1. The van der Waals surface area contributed by atoms with E-state index in [1.54, 1.807) is 12.1 Å². The largest absolute Gasteiger partial charge is 0.351 e. The molecule has 1 atom stereocenters. The van der Waals surface area contributed by atoms with E-state index in [2.05, 4.69) is 10.6 Å². The summed E-state index contributed by atoms with van der Waals surface area (Å²) in [5.74, 6) is 0.330. The van der Waals surface area contributed by atoms with Gasteiger partial charge in [-0.25, -0.2) is 0 Å². The van der Waals surface area contributed by atoms with Gasteiger partial charge in [-0.1, -0.05) is 0 Å². The van der Waals surface area contributed by atoms with E-state index < -0.39 is 4.92 Å². The van der Waals surface area contributed by atoms with Crippen LogP contribution in [0.2, 0.25) is 0 Å². The van der Waals surface area contributed by atoms with Gasteiger partial charge in [-0.3, -0.25) is 14.9 Å². The number of amides is 1. The van der Waals surface area contributed by atoms with Gasteiger partial charge in [0.05, 0.1) is 10.7 Å². The van der Waals surface area contributed by atoms with Crippen molar-refractivity contribution in [3.8, 4) is 0 Å². The molecule has 20 heavy (non-hydrogen) atoms. The number of carbonyl (C=O) groups is 1. The summed E-state index contributed by atoms with van der Waals surface area (Å²) in [5, 5.41) is 16.8. The van der Waals surface area contributed by atoms with Gasteiger partial charge in [0.25, 0.3) is 5.69 Å². The number of hydrogen-bond donors (Lipinski definition) is 2. The third-order valence-electron chi connectivity index (χ3n) is 3.08. The second-order valence-corrected chi connectivity index (χ2v) is 5.70. The van der Waals surface area contributed by atoms with Gasteiger partial charge in [0.1, 0.15) is 0 Å². The van der Waals surface area contributed by atoms with Crippen LogP contribution in [0.3, 0.4) is 0 Å². The molecule has 0 radical (unpaired) electrons. The number of nitrogens with one attached hydrogen (secondary N) is 2. The van der Waals surface area contributed by atoms with Gasteiger partial charge >= 0.3 is 0 Å². The van der Waals surface area contributed by atoms with E-state index in [0.717, 1.165) is 30.8 Å². The molecule has 1 saturated heterocycles. The molecule has 0 spiro atoms. The average Bonchev–Trinajstić information content (AvgIpc) is 2.46. The van der Waals surface area contributed by atoms with Crippen LogP contribution in [0.15, 0.2) is 29.2 Å². The molecule has 0 unspecified atom stereocenters. The lowest BCUT2D eigenvalue weighted by Crippen LogP contribution is -2.46. The molecule has 108 valence electrons. The summed E-state index contributed by atoms with van der Waals surface area (Å²) in [5.41, 5.74) is 0.0621. The molecule has 1 aromatic rings. The van der Waals surface area contributed by atoms with Crippen molar-refractivity contribution < 1.29 is 9.72 Å². The maximum atomic E-state index is 11.8. The van der Waals surface area contributed by atoms with Crippen LogP contribution in [-0.4, -0.2) is 35.7 Å². The van der Waals surface area contributed by atoms with Crippen LogP contribution >= 0.6 is 11.8 Å². The Labute approximate surface area is 121 Å². The zero-order valence-electron chi connectivity index (χ0n) is 11.0. The highest BCUT2D eigenvalue weighted by Crippen LogP contribution is 2.21. The predicted octanol–water partition coefficient (Wildman–Crippen LogP) is 1.56. The second-order valence-electron chi connectivity index (χ2n) is 4.65. The molecule has 1 aliphatic rings. The lowest BCUT2D eigenvalue weighted by atomic mass is 10.1. The Kier molecular flexibility index (Phi) is 5.37. The van der Waals surface area contributed by atoms with E-state index >= 15 is 0 Å². The number of benzene rings is 1. The number of carbonyl (C=O) groups excluding carboxylic acids is 1. The van der Waals surface area contributed by atoms with Crippen LogP contribution < -0.4 is 10.6 Å². The maximum Gasteiger partial charge on any atom is 0.269 e. The molecule has 0 bridgehead atoms. The van der Waals surface area contributed by atoms with E-state index in [-0.39, 0.29) is 17.6 Å². The number of non-ortho nitro benzene ring substituents is 1. The normalized spacial score (nSPS) is 18.5. The Morgan fingerprint density at radius 3 is 2.80 bits per heavy atom. The van der Waals surface area contributed by atoms with Crippen LogP contribution in [0, 0.1) is 10.1 Å². The Morgan fingerprint density at radius 1 is 1.45 bits per heavy atom. The van der Waals surface area contributed by atoms with E-state index in [1.165, 1.54) is 23.9 Å². The molecule has 1 heterocycles. The van der Waals surface area contributed by atoms with Crippen molar-refractivity contribution in [1.29, 1.82) is 0 Å². The Morgan fingerprint density at radius 2 is 2.20 bits per heavy atom. The fourth-order valence-electron chi connectivity index (χ4n) is 2.06. The van der Waals surface area contributed by atoms with Crippen LogP contribution in [0.25, 0.3) is 0 Å². The molecule has 1 amide bonds. The minimum atomic E-state index is -0.433. The fraction of sp³-hybridized carbons (Fsp3) is 0.462. The molecule has 2 rings (SSSR count). The summed E-state index contributed by atoms with van der Waals surface area (Å²) in [6.45, 7) is 1.85. The van der Waals surface area contributed by atoms with Gasteiger partial charge in [0.15, 0.2) is 0 Å². The van der Waals surface area contributed by atoms with Crippen LogP contribution in [0.1, 0.15) is 12.8 Å². The smallest absolute Gasteiger partial charge is 0.269 e. The average molecular weight is 295 g/mol. The molecule has 1 aromatic carbocycles. The lowest BCUT2D eigenvalue weighted by Gasteiger charge is -2.23. The minimum Gasteiger partial charge on any atom is -0.351 e. The van der Waals surface area contributed by atoms with Crippen molar-refractivity contribution in [3.05, 3.63) is 34.4 Å². The van der Waals surface area contributed by atoms with Gasteiger partial charge in [0.2, 0.25) is 5.91 Å². The predicted molar refractivity (Wildman–Crippen MR) is 77.9 cm³/mol. The molecule has 1 aliphatic heterocycles. The first-order valence-electron chi connectivity index (χ1n) is 6.52. The van der Waals surface area contributed by atoms with Gasteiger partial charge in [-0.2, -0.15) is 0 Å². The molecular formula is C13H17N3O3S. The molecule has 2 N–H and O–H groups in total. The van der Waals surface area contributed by atoms with Gasteiger partial charge in [0, 0.05) is 29.6 Å². The Bertz CT molecular complexity index is 472. The first-order valence-corrected chi connectivity index (χ1v) is 7.51. The summed E-state index contributed by atoms with van der Waals surface area (Å²) in [6.07, 6.45) is 2.10. The second kappa shape index (κ2) is 7.25. The highest BCUT2D eigenvalue weighted by atomic mass is 32.2. The molecule has 7 heteroatoms. The van der Waals surface area contributed by atoms with E-state index in [4.69, 9.17) is 0 Å². The zero-order valence-corrected chi connectivity index (χ0v) is 11.8. The molecule has 0 aromatic heterocycles. The van der Waals surface area contributed by atoms with Gasteiger partial charge in [-0.15, -0.1) is 11.8 Å². The van der Waals surface area contributed by atoms with Crippen LogP contribution in [0.5, 0.6) is 0 Å². The van der Waals surface area contributed by atoms with E-state index in [1.807, 2.05) is 0 Å². The van der Waals surface area contributed by atoms with Crippen molar-refractivity contribution in [2.24, 2.45) is 0 Å². The molecular weight excluding hydrogens is 278 g/mol. The monoisotopic (exact) mass is 295 g/mol. The highest BCUT2D eigenvalue weighted by molar-refractivity contribution is 8.00. The summed E-state index contributed by atoms with van der Waals surface area (Å²) in [7, 11) is 0. The molecule has 0 aliphatic carbocycles. The Balaban J connectivity index is 1.76. The van der Waals surface area contributed by atoms with Crippen LogP contribution in [0.4, 0.5) is 5.69 Å². The number of nitrogens with zero attached hydrogens (tertiary/aromatic N) is 1. The third kappa shape index (κ3) is 4.50. The number of nitro groups is 1. The topological polar surface area (TPSA) is 84.3 Å². The summed E-state index contributed by atoms with van der Waals surface area (Å²) < 4.78 is 0. The SMILES string of the molecule is O=C(CSc1ccc([N+](=O)[O-])cc1)N[C@H]1CCCNC1. The van der Waals surface area contributed by atoms with Crippen molar-refractivity contribution in [2.75, 3.05) is 18.8 Å². The van der Waals surface area contributed by atoms with Crippen molar-refractivity contribution >= 4 is 23.4 Å². The van der Waals surface area contributed by atoms with Crippen molar-refractivity contribution in [2.45, 2.75) is 23.8 Å². The highest BCUT2D eigenvalue weighted by Gasteiger charge is 2.15. The number of rotatable bonds is 5. The summed E-state index contributed by atoms with van der Waals surface area (Å²) >= 11 is 1.38. The third-order valence-corrected chi connectivity index (χ3v) is 4.09. The maximum absolute atomic E-state index is 11.8. The first-order chi connectivity index (χ1) is 9.65. The number of piperidine rings is 1. The van der Waals surface area contributed by atoms with Crippen molar-refractivity contribution in [1.82, 2.24) is 10.6 Å². The van der Waals surface area contributed by atoms with E-state index in [9.17, 15) is 14.9 Å². The summed E-state index contributed by atoms with van der Waals surface area (Å²) in [4.78, 5) is 22.7. The van der Waals surface area contributed by atoms with Gasteiger partial charge in [-0.05, 0) is 31.5 Å². The van der Waals surface area contributed by atoms with Gasteiger partial charge < -0.3 is 10.6 Å².